The van der Waals surface area contributed by atoms with E-state index >= 15 is 0 Å². The molecule has 2 aromatic rings. The third-order valence-corrected chi connectivity index (χ3v) is 3.06. The van der Waals surface area contributed by atoms with E-state index in [1.165, 1.54) is 0 Å². The first-order valence-corrected chi connectivity index (χ1v) is 6.19. The van der Waals surface area contributed by atoms with Crippen LogP contribution in [0.3, 0.4) is 0 Å². The zero-order chi connectivity index (χ0) is 13.1. The molecule has 0 N–H and O–H groups in total. The van der Waals surface area contributed by atoms with Crippen LogP contribution in [0.2, 0.25) is 5.15 Å². The Bertz CT molecular complexity index is 553. The fraction of sp³-hybridized carbons (Fsp3) is 0.417. The van der Waals surface area contributed by atoms with Crippen LogP contribution in [0.5, 0.6) is 11.6 Å². The predicted molar refractivity (Wildman–Crippen MR) is 69.1 cm³/mol. The fourth-order valence-electron chi connectivity index (χ4n) is 1.51. The quantitative estimate of drug-likeness (QED) is 0.853. The van der Waals surface area contributed by atoms with Crippen LogP contribution >= 0.6 is 11.6 Å². The third kappa shape index (κ3) is 2.61. The van der Waals surface area contributed by atoms with E-state index in [-0.39, 0.29) is 0 Å². The monoisotopic (exact) mass is 266 g/mol. The van der Waals surface area contributed by atoms with Gasteiger partial charge in [-0.25, -0.2) is 0 Å². The summed E-state index contributed by atoms with van der Waals surface area (Å²) >= 11 is 5.89. The maximum atomic E-state index is 5.89. The Morgan fingerprint density at radius 1 is 1.28 bits per heavy atom. The number of aromatic nitrogens is 4. The lowest BCUT2D eigenvalue weighted by Crippen LogP contribution is -1.97. The highest BCUT2D eigenvalue weighted by Crippen LogP contribution is 2.26. The molecule has 6 heteroatoms. The topological polar surface area (TPSA) is 52.8 Å². The van der Waals surface area contributed by atoms with Crippen molar-refractivity contribution >= 4 is 11.6 Å². The van der Waals surface area contributed by atoms with Crippen LogP contribution < -0.4 is 4.74 Å². The highest BCUT2D eigenvalue weighted by Gasteiger charge is 2.11. The van der Waals surface area contributed by atoms with Crippen molar-refractivity contribution in [1.29, 1.82) is 0 Å². The lowest BCUT2D eigenvalue weighted by molar-refractivity contribution is 0.449. The first-order chi connectivity index (χ1) is 8.61. The van der Waals surface area contributed by atoms with Crippen LogP contribution in [0, 0.1) is 13.8 Å². The Morgan fingerprint density at radius 3 is 2.78 bits per heavy atom. The van der Waals surface area contributed by atoms with Gasteiger partial charge in [0, 0.05) is 12.1 Å². The summed E-state index contributed by atoms with van der Waals surface area (Å²) < 4.78 is 7.49. The predicted octanol–water partition coefficient (Wildman–Crippen LogP) is 3.15. The molecule has 5 nitrogen and oxygen atoms in total. The fourth-order valence-corrected chi connectivity index (χ4v) is 1.69. The molecule has 0 aliphatic heterocycles. The molecule has 0 fully saturated rings. The second-order valence-corrected chi connectivity index (χ2v) is 4.45. The molecule has 0 saturated carbocycles. The summed E-state index contributed by atoms with van der Waals surface area (Å²) in [5.74, 6) is 1.12. The highest BCUT2D eigenvalue weighted by molar-refractivity contribution is 6.30. The molecule has 0 unspecified atom stereocenters. The second kappa shape index (κ2) is 5.35. The summed E-state index contributed by atoms with van der Waals surface area (Å²) in [7, 11) is 0. The number of rotatable bonds is 4. The number of hydrogen-bond acceptors (Lipinski definition) is 4. The van der Waals surface area contributed by atoms with Gasteiger partial charge in [0.2, 0.25) is 5.88 Å². The minimum Gasteiger partial charge on any atom is -0.434 e. The van der Waals surface area contributed by atoms with Crippen molar-refractivity contribution in [3.63, 3.8) is 0 Å². The molecule has 0 bridgehead atoms. The Balaban J connectivity index is 2.20. The van der Waals surface area contributed by atoms with Crippen molar-refractivity contribution in [2.75, 3.05) is 0 Å². The van der Waals surface area contributed by atoms with Gasteiger partial charge in [0.25, 0.3) is 0 Å². The molecule has 0 saturated heterocycles. The molecule has 0 spiro atoms. The molecule has 0 aliphatic rings. The van der Waals surface area contributed by atoms with E-state index in [1.807, 2.05) is 24.7 Å². The van der Waals surface area contributed by atoms with Gasteiger partial charge in [0.1, 0.15) is 0 Å². The van der Waals surface area contributed by atoms with Crippen molar-refractivity contribution in [2.24, 2.45) is 0 Å². The standard InChI is InChI=1S/C12H15ClN4O/c1-4-5-17-7-10(6-14-17)18-12-9(3)8(2)11(13)15-16-12/h6-7H,4-5H2,1-3H3. The van der Waals surface area contributed by atoms with Crippen molar-refractivity contribution < 1.29 is 4.74 Å². The Kier molecular flexibility index (Phi) is 3.81. The summed E-state index contributed by atoms with van der Waals surface area (Å²) in [4.78, 5) is 0. The van der Waals surface area contributed by atoms with Crippen LogP contribution in [-0.2, 0) is 6.54 Å². The van der Waals surface area contributed by atoms with Crippen molar-refractivity contribution in [3.05, 3.63) is 28.7 Å². The normalized spacial score (nSPS) is 10.7. The van der Waals surface area contributed by atoms with Gasteiger partial charge in [-0.2, -0.15) is 5.10 Å². The van der Waals surface area contributed by atoms with Crippen molar-refractivity contribution in [3.8, 4) is 11.6 Å². The van der Waals surface area contributed by atoms with Crippen LogP contribution in [0.15, 0.2) is 12.4 Å². The summed E-state index contributed by atoms with van der Waals surface area (Å²) in [6.45, 7) is 6.76. The van der Waals surface area contributed by atoms with Crippen LogP contribution in [-0.4, -0.2) is 20.0 Å². The zero-order valence-corrected chi connectivity index (χ0v) is 11.4. The molecule has 0 aromatic carbocycles. The van der Waals surface area contributed by atoms with E-state index in [4.69, 9.17) is 16.3 Å². The van der Waals surface area contributed by atoms with E-state index < -0.39 is 0 Å². The average molecular weight is 267 g/mol. The largest absolute Gasteiger partial charge is 0.434 e. The van der Waals surface area contributed by atoms with Gasteiger partial charge in [-0.05, 0) is 25.8 Å². The minimum absolute atomic E-state index is 0.404. The Morgan fingerprint density at radius 2 is 2.06 bits per heavy atom. The number of hydrogen-bond donors (Lipinski definition) is 0. The Labute approximate surface area is 111 Å². The molecule has 18 heavy (non-hydrogen) atoms. The van der Waals surface area contributed by atoms with Crippen molar-refractivity contribution in [2.45, 2.75) is 33.7 Å². The van der Waals surface area contributed by atoms with Gasteiger partial charge in [0.05, 0.1) is 12.4 Å². The van der Waals surface area contributed by atoms with E-state index in [9.17, 15) is 0 Å². The van der Waals surface area contributed by atoms with Gasteiger partial charge in [0.15, 0.2) is 10.9 Å². The molecule has 2 rings (SSSR count). The number of halogens is 1. The van der Waals surface area contributed by atoms with E-state index in [0.717, 1.165) is 24.1 Å². The molecule has 0 radical (unpaired) electrons. The lowest BCUT2D eigenvalue weighted by Gasteiger charge is -2.07. The molecular formula is C12H15ClN4O. The molecule has 0 atom stereocenters. The molecule has 2 heterocycles. The van der Waals surface area contributed by atoms with E-state index in [2.05, 4.69) is 22.2 Å². The third-order valence-electron chi connectivity index (χ3n) is 2.70. The summed E-state index contributed by atoms with van der Waals surface area (Å²) in [5.41, 5.74) is 1.76. The van der Waals surface area contributed by atoms with E-state index in [0.29, 0.717) is 16.8 Å². The maximum Gasteiger partial charge on any atom is 0.242 e. The van der Waals surface area contributed by atoms with Gasteiger partial charge in [-0.1, -0.05) is 18.5 Å². The molecule has 0 aliphatic carbocycles. The zero-order valence-electron chi connectivity index (χ0n) is 10.6. The van der Waals surface area contributed by atoms with E-state index in [1.54, 1.807) is 6.20 Å². The van der Waals surface area contributed by atoms with Crippen LogP contribution in [0.4, 0.5) is 0 Å². The van der Waals surface area contributed by atoms with Crippen LogP contribution in [0.25, 0.3) is 0 Å². The Hall–Kier alpha value is -1.62. The number of aryl methyl sites for hydroxylation is 1. The average Bonchev–Trinajstić information content (AvgIpc) is 2.78. The first-order valence-electron chi connectivity index (χ1n) is 5.81. The molecule has 0 amide bonds. The van der Waals surface area contributed by atoms with Gasteiger partial charge >= 0.3 is 0 Å². The second-order valence-electron chi connectivity index (χ2n) is 4.09. The van der Waals surface area contributed by atoms with Crippen LogP contribution in [0.1, 0.15) is 24.5 Å². The first kappa shape index (κ1) is 12.8. The highest BCUT2D eigenvalue weighted by atomic mass is 35.5. The molecule has 2 aromatic heterocycles. The molecule has 96 valence electrons. The van der Waals surface area contributed by atoms with Gasteiger partial charge in [-0.15, -0.1) is 10.2 Å². The lowest BCUT2D eigenvalue weighted by atomic mass is 10.2. The van der Waals surface area contributed by atoms with Crippen molar-refractivity contribution in [1.82, 2.24) is 20.0 Å². The van der Waals surface area contributed by atoms with Gasteiger partial charge in [-0.3, -0.25) is 4.68 Å². The number of ether oxygens (including phenoxy) is 1. The minimum atomic E-state index is 0.404. The number of nitrogens with zero attached hydrogens (tertiary/aromatic N) is 4. The SMILES string of the molecule is CCCn1cc(Oc2nnc(Cl)c(C)c2C)cn1. The summed E-state index contributed by atoms with van der Waals surface area (Å²) in [5, 5.41) is 12.4. The molecular weight excluding hydrogens is 252 g/mol. The van der Waals surface area contributed by atoms with Gasteiger partial charge < -0.3 is 4.74 Å². The maximum absolute atomic E-state index is 5.89. The summed E-state index contributed by atoms with van der Waals surface area (Å²) in [6, 6.07) is 0. The summed E-state index contributed by atoms with van der Waals surface area (Å²) in [6.07, 6.45) is 4.54. The smallest absolute Gasteiger partial charge is 0.242 e.